The summed E-state index contributed by atoms with van der Waals surface area (Å²) < 4.78 is 31.8. The van der Waals surface area contributed by atoms with Crippen LogP contribution >= 0.6 is 0 Å². The van der Waals surface area contributed by atoms with Gasteiger partial charge in [0.2, 0.25) is 10.0 Å². The minimum absolute atomic E-state index is 0.0628. The van der Waals surface area contributed by atoms with Crippen molar-refractivity contribution in [1.29, 1.82) is 0 Å². The second-order valence-electron chi connectivity index (χ2n) is 6.93. The largest absolute Gasteiger partial charge is 0.383 e. The number of nitrogens with zero attached hydrogens (tertiary/aromatic N) is 1. The Hall–Kier alpha value is -2.22. The Morgan fingerprint density at radius 2 is 1.89 bits per heavy atom. The van der Waals surface area contributed by atoms with Crippen LogP contribution in [-0.2, 0) is 14.8 Å². The number of benzene rings is 2. The molecular formula is C21H26N2O4S. The number of carbonyl (C=O) groups is 1. The number of nitrogens with one attached hydrogen (secondary N) is 1. The van der Waals surface area contributed by atoms with Crippen LogP contribution in [0.2, 0.25) is 0 Å². The molecule has 1 atom stereocenters. The molecule has 6 nitrogen and oxygen atoms in total. The van der Waals surface area contributed by atoms with E-state index in [-0.39, 0.29) is 23.4 Å². The molecule has 1 heterocycles. The molecule has 2 aromatic carbocycles. The quantitative estimate of drug-likeness (QED) is 0.723. The molecule has 150 valence electrons. The minimum atomic E-state index is -3.61. The summed E-state index contributed by atoms with van der Waals surface area (Å²) in [6.07, 6.45) is 1.90. The Balaban J connectivity index is 1.76. The van der Waals surface area contributed by atoms with Gasteiger partial charge in [-0.2, -0.15) is 0 Å². The van der Waals surface area contributed by atoms with E-state index in [1.165, 1.54) is 30.4 Å². The van der Waals surface area contributed by atoms with Crippen molar-refractivity contribution in [2.45, 2.75) is 30.7 Å². The number of methoxy groups -OCH3 is 1. The highest BCUT2D eigenvalue weighted by atomic mass is 32.2. The molecule has 0 aliphatic carbocycles. The summed E-state index contributed by atoms with van der Waals surface area (Å²) in [7, 11) is -2.10. The fourth-order valence-corrected chi connectivity index (χ4v) is 4.61. The van der Waals surface area contributed by atoms with Gasteiger partial charge in [-0.05, 0) is 55.2 Å². The standard InChI is InChI=1S/C21H26N2O4S/c1-16-6-3-4-7-19(16)20-8-5-14-23(20)21(24)17-9-11-18(12-10-17)28(25,26)22-13-15-27-2/h3-4,6-7,9-12,20,22H,5,8,13-15H2,1-2H3. The highest BCUT2D eigenvalue weighted by molar-refractivity contribution is 7.89. The van der Waals surface area contributed by atoms with Crippen LogP contribution in [0, 0.1) is 6.92 Å². The lowest BCUT2D eigenvalue weighted by Gasteiger charge is -2.26. The zero-order valence-corrected chi connectivity index (χ0v) is 17.0. The molecule has 28 heavy (non-hydrogen) atoms. The third kappa shape index (κ3) is 4.43. The average molecular weight is 403 g/mol. The first-order valence-corrected chi connectivity index (χ1v) is 10.9. The van der Waals surface area contributed by atoms with Crippen molar-refractivity contribution in [3.05, 3.63) is 65.2 Å². The van der Waals surface area contributed by atoms with E-state index in [1.54, 1.807) is 12.1 Å². The number of hydrogen-bond acceptors (Lipinski definition) is 4. The molecule has 0 spiro atoms. The number of ether oxygens (including phenoxy) is 1. The van der Waals surface area contributed by atoms with Gasteiger partial charge in [0.25, 0.3) is 5.91 Å². The van der Waals surface area contributed by atoms with Crippen LogP contribution in [0.1, 0.15) is 40.4 Å². The Morgan fingerprint density at radius 1 is 1.18 bits per heavy atom. The lowest BCUT2D eigenvalue weighted by Crippen LogP contribution is -2.31. The average Bonchev–Trinajstić information content (AvgIpc) is 3.17. The summed E-state index contributed by atoms with van der Waals surface area (Å²) in [5, 5.41) is 0. The molecule has 1 aliphatic heterocycles. The fourth-order valence-electron chi connectivity index (χ4n) is 3.60. The SMILES string of the molecule is COCCNS(=O)(=O)c1ccc(C(=O)N2CCCC2c2ccccc2C)cc1. The van der Waals surface area contributed by atoms with Gasteiger partial charge in [-0.15, -0.1) is 0 Å². The highest BCUT2D eigenvalue weighted by Crippen LogP contribution is 2.34. The van der Waals surface area contributed by atoms with Crippen molar-refractivity contribution in [1.82, 2.24) is 9.62 Å². The predicted octanol–water partition coefficient (Wildman–Crippen LogP) is 2.90. The van der Waals surface area contributed by atoms with Gasteiger partial charge in [0.1, 0.15) is 0 Å². The number of aryl methyl sites for hydroxylation is 1. The van der Waals surface area contributed by atoms with Crippen LogP contribution in [0.5, 0.6) is 0 Å². The minimum Gasteiger partial charge on any atom is -0.383 e. The maximum Gasteiger partial charge on any atom is 0.254 e. The van der Waals surface area contributed by atoms with E-state index in [2.05, 4.69) is 23.8 Å². The van der Waals surface area contributed by atoms with E-state index in [9.17, 15) is 13.2 Å². The number of amides is 1. The molecule has 0 aromatic heterocycles. The zero-order valence-electron chi connectivity index (χ0n) is 16.2. The Kier molecular flexibility index (Phi) is 6.49. The van der Waals surface area contributed by atoms with Crippen LogP contribution in [0.25, 0.3) is 0 Å². The van der Waals surface area contributed by atoms with Gasteiger partial charge >= 0.3 is 0 Å². The molecule has 1 unspecified atom stereocenters. The maximum atomic E-state index is 13.1. The van der Waals surface area contributed by atoms with E-state index in [0.29, 0.717) is 18.7 Å². The lowest BCUT2D eigenvalue weighted by molar-refractivity contribution is 0.0735. The number of carbonyl (C=O) groups excluding carboxylic acids is 1. The number of rotatable bonds is 7. The number of sulfonamides is 1. The van der Waals surface area contributed by atoms with E-state index < -0.39 is 10.0 Å². The van der Waals surface area contributed by atoms with Crippen molar-refractivity contribution in [3.8, 4) is 0 Å². The second-order valence-corrected chi connectivity index (χ2v) is 8.70. The molecule has 1 N–H and O–H groups in total. The highest BCUT2D eigenvalue weighted by Gasteiger charge is 2.31. The van der Waals surface area contributed by atoms with Gasteiger partial charge in [-0.25, -0.2) is 13.1 Å². The van der Waals surface area contributed by atoms with Gasteiger partial charge in [0.05, 0.1) is 17.5 Å². The van der Waals surface area contributed by atoms with Gasteiger partial charge in [-0.1, -0.05) is 24.3 Å². The summed E-state index contributed by atoms with van der Waals surface area (Å²) in [4.78, 5) is 15.1. The molecular weight excluding hydrogens is 376 g/mol. The van der Waals surface area contributed by atoms with Crippen molar-refractivity contribution in [2.75, 3.05) is 26.8 Å². The third-order valence-electron chi connectivity index (χ3n) is 5.07. The Labute approximate surface area is 166 Å². The summed E-state index contributed by atoms with van der Waals surface area (Å²) in [6.45, 7) is 3.26. The molecule has 1 amide bonds. The molecule has 0 saturated carbocycles. The molecule has 0 bridgehead atoms. The van der Waals surface area contributed by atoms with Crippen LogP contribution in [0.3, 0.4) is 0 Å². The van der Waals surface area contributed by atoms with Gasteiger partial charge < -0.3 is 9.64 Å². The molecule has 1 fully saturated rings. The molecule has 7 heteroatoms. The lowest BCUT2D eigenvalue weighted by atomic mass is 9.99. The fraction of sp³-hybridized carbons (Fsp3) is 0.381. The van der Waals surface area contributed by atoms with E-state index in [4.69, 9.17) is 4.74 Å². The summed E-state index contributed by atoms with van der Waals surface area (Å²) in [5.74, 6) is -0.0676. The molecule has 2 aromatic rings. The second kappa shape index (κ2) is 8.86. The Bertz CT molecular complexity index is 926. The smallest absolute Gasteiger partial charge is 0.254 e. The first kappa shape index (κ1) is 20.5. The van der Waals surface area contributed by atoms with E-state index in [1.807, 2.05) is 17.0 Å². The van der Waals surface area contributed by atoms with Crippen LogP contribution in [-0.4, -0.2) is 46.0 Å². The summed E-state index contributed by atoms with van der Waals surface area (Å²) in [6, 6.07) is 14.3. The zero-order chi connectivity index (χ0) is 20.1. The van der Waals surface area contributed by atoms with Crippen molar-refractivity contribution in [2.24, 2.45) is 0 Å². The number of hydrogen-bond donors (Lipinski definition) is 1. The third-order valence-corrected chi connectivity index (χ3v) is 6.55. The first-order valence-electron chi connectivity index (χ1n) is 9.39. The van der Waals surface area contributed by atoms with Gasteiger partial charge in [0, 0.05) is 25.8 Å². The van der Waals surface area contributed by atoms with E-state index in [0.717, 1.165) is 12.8 Å². The predicted molar refractivity (Wildman–Crippen MR) is 108 cm³/mol. The summed E-state index contributed by atoms with van der Waals surface area (Å²) >= 11 is 0. The van der Waals surface area contributed by atoms with Gasteiger partial charge in [-0.3, -0.25) is 4.79 Å². The molecule has 1 aliphatic rings. The first-order chi connectivity index (χ1) is 13.4. The van der Waals surface area contributed by atoms with Crippen molar-refractivity contribution < 1.29 is 17.9 Å². The molecule has 0 radical (unpaired) electrons. The van der Waals surface area contributed by atoms with Gasteiger partial charge in [0.15, 0.2) is 0 Å². The van der Waals surface area contributed by atoms with E-state index >= 15 is 0 Å². The number of likely N-dealkylation sites (tertiary alicyclic amines) is 1. The van der Waals surface area contributed by atoms with Crippen molar-refractivity contribution in [3.63, 3.8) is 0 Å². The monoisotopic (exact) mass is 402 g/mol. The van der Waals surface area contributed by atoms with Crippen LogP contribution < -0.4 is 4.72 Å². The summed E-state index contributed by atoms with van der Waals surface area (Å²) in [5.41, 5.74) is 2.85. The molecule has 3 rings (SSSR count). The van der Waals surface area contributed by atoms with Crippen LogP contribution in [0.4, 0.5) is 0 Å². The topological polar surface area (TPSA) is 75.7 Å². The Morgan fingerprint density at radius 3 is 2.57 bits per heavy atom. The normalized spacial score (nSPS) is 17.1. The maximum absolute atomic E-state index is 13.1. The van der Waals surface area contributed by atoms with Crippen LogP contribution in [0.15, 0.2) is 53.4 Å². The van der Waals surface area contributed by atoms with Crippen molar-refractivity contribution >= 4 is 15.9 Å². The molecule has 1 saturated heterocycles.